The van der Waals surface area contributed by atoms with E-state index in [1.807, 2.05) is 16.8 Å². The van der Waals surface area contributed by atoms with Crippen LogP contribution >= 0.6 is 11.3 Å². The number of rotatable bonds is 1. The quantitative estimate of drug-likeness (QED) is 0.601. The summed E-state index contributed by atoms with van der Waals surface area (Å²) in [7, 11) is 0. The minimum absolute atomic E-state index is 0.0592. The van der Waals surface area contributed by atoms with Crippen molar-refractivity contribution in [2.75, 3.05) is 0 Å². The summed E-state index contributed by atoms with van der Waals surface area (Å²) in [5.74, 6) is -4.82. The molecule has 90 valence electrons. The van der Waals surface area contributed by atoms with Crippen LogP contribution in [0.4, 0.5) is 0 Å². The number of hydrogen-bond donors (Lipinski definition) is 2. The van der Waals surface area contributed by atoms with E-state index in [2.05, 4.69) is 0 Å². The highest BCUT2D eigenvalue weighted by atomic mass is 32.1. The molecule has 0 atom stereocenters. The number of benzene rings is 1. The zero-order valence-corrected chi connectivity index (χ0v) is 9.90. The fraction of sp³-hybridized carbons (Fsp3) is 0.0769. The summed E-state index contributed by atoms with van der Waals surface area (Å²) in [6, 6.07) is 6.55. The Morgan fingerprint density at radius 3 is 2.33 bits per heavy atom. The predicted molar refractivity (Wildman–Crippen MR) is 65.6 cm³/mol. The molecule has 1 aliphatic rings. The Morgan fingerprint density at radius 1 is 0.944 bits per heavy atom. The van der Waals surface area contributed by atoms with E-state index in [1.54, 1.807) is 6.07 Å². The van der Waals surface area contributed by atoms with Crippen LogP contribution in [0.2, 0.25) is 0 Å². The van der Waals surface area contributed by atoms with Gasteiger partial charge in [0.1, 0.15) is 0 Å². The van der Waals surface area contributed by atoms with Crippen LogP contribution < -0.4 is 0 Å². The maximum Gasteiger partial charge on any atom is 0.295 e. The maximum absolute atomic E-state index is 11.7. The van der Waals surface area contributed by atoms with Gasteiger partial charge in [0.2, 0.25) is 11.6 Å². The molecule has 0 spiro atoms. The number of aliphatic hydroxyl groups is 2. The van der Waals surface area contributed by atoms with Gasteiger partial charge in [-0.3, -0.25) is 9.59 Å². The second kappa shape index (κ2) is 3.58. The molecule has 4 nitrogen and oxygen atoms in total. The molecule has 1 heterocycles. The van der Waals surface area contributed by atoms with Gasteiger partial charge in [-0.1, -0.05) is 6.07 Å². The number of carbonyl (C=O) groups is 2. The molecule has 5 heteroatoms. The molecule has 0 fully saturated rings. The van der Waals surface area contributed by atoms with Crippen LogP contribution in [0.3, 0.4) is 0 Å². The van der Waals surface area contributed by atoms with Crippen LogP contribution in [0.5, 0.6) is 0 Å². The molecule has 18 heavy (non-hydrogen) atoms. The van der Waals surface area contributed by atoms with Gasteiger partial charge in [-0.2, -0.15) is 11.3 Å². The third-order valence-corrected chi connectivity index (χ3v) is 3.68. The summed E-state index contributed by atoms with van der Waals surface area (Å²) in [6.07, 6.45) is 0. The van der Waals surface area contributed by atoms with E-state index in [4.69, 9.17) is 0 Å². The number of Topliss-reactive ketones (excluding diaryl/α,β-unsaturated/α-hetero) is 2. The predicted octanol–water partition coefficient (Wildman–Crippen LogP) is 1.47. The van der Waals surface area contributed by atoms with Crippen LogP contribution in [0.25, 0.3) is 11.1 Å². The molecule has 1 aromatic carbocycles. The smallest absolute Gasteiger partial charge is 0.295 e. The van der Waals surface area contributed by atoms with Gasteiger partial charge in [-0.25, -0.2) is 0 Å². The lowest BCUT2D eigenvalue weighted by Gasteiger charge is -2.08. The molecule has 0 amide bonds. The van der Waals surface area contributed by atoms with Crippen molar-refractivity contribution in [3.8, 4) is 11.1 Å². The zero-order valence-electron chi connectivity index (χ0n) is 9.08. The Hall–Kier alpha value is -1.82. The Morgan fingerprint density at radius 2 is 1.67 bits per heavy atom. The van der Waals surface area contributed by atoms with Crippen LogP contribution in [0.1, 0.15) is 20.7 Å². The number of fused-ring (bicyclic) bond motifs is 1. The summed E-state index contributed by atoms with van der Waals surface area (Å²) >= 11 is 1.52. The highest BCUT2D eigenvalue weighted by Crippen LogP contribution is 2.32. The number of thiophene rings is 1. The van der Waals surface area contributed by atoms with E-state index in [-0.39, 0.29) is 11.1 Å². The Kier molecular flexibility index (Phi) is 2.25. The van der Waals surface area contributed by atoms with Gasteiger partial charge in [0.25, 0.3) is 5.79 Å². The molecule has 1 aromatic heterocycles. The van der Waals surface area contributed by atoms with E-state index in [0.29, 0.717) is 0 Å². The van der Waals surface area contributed by atoms with Gasteiger partial charge in [0, 0.05) is 11.1 Å². The highest BCUT2D eigenvalue weighted by molar-refractivity contribution is 7.08. The summed E-state index contributed by atoms with van der Waals surface area (Å²) in [6.45, 7) is 0. The van der Waals surface area contributed by atoms with E-state index in [1.165, 1.54) is 23.5 Å². The molecular formula is C13H8O4S. The van der Waals surface area contributed by atoms with Gasteiger partial charge < -0.3 is 10.2 Å². The van der Waals surface area contributed by atoms with Crippen LogP contribution in [0.15, 0.2) is 35.0 Å². The lowest BCUT2D eigenvalue weighted by atomic mass is 10.0. The summed E-state index contributed by atoms with van der Waals surface area (Å²) < 4.78 is 0. The van der Waals surface area contributed by atoms with Crippen molar-refractivity contribution in [1.29, 1.82) is 0 Å². The van der Waals surface area contributed by atoms with Crippen molar-refractivity contribution in [1.82, 2.24) is 0 Å². The first-order chi connectivity index (χ1) is 8.51. The standard InChI is InChI=1S/C13H8O4S/c14-11-9-2-1-7(8-3-4-18-6-8)5-10(9)12(15)13(11,16)17/h1-6,16-17H. The summed E-state index contributed by atoms with van der Waals surface area (Å²) in [5.41, 5.74) is 1.82. The first-order valence-electron chi connectivity index (χ1n) is 5.23. The Balaban J connectivity index is 2.18. The van der Waals surface area contributed by atoms with Crippen molar-refractivity contribution in [3.63, 3.8) is 0 Å². The minimum Gasteiger partial charge on any atom is -0.353 e. The van der Waals surface area contributed by atoms with Crippen LogP contribution in [-0.2, 0) is 0 Å². The van der Waals surface area contributed by atoms with Crippen LogP contribution in [-0.4, -0.2) is 27.6 Å². The second-order valence-corrected chi connectivity index (χ2v) is 4.88. The van der Waals surface area contributed by atoms with Crippen molar-refractivity contribution in [3.05, 3.63) is 46.2 Å². The number of carbonyl (C=O) groups excluding carboxylic acids is 2. The number of ketones is 2. The maximum atomic E-state index is 11.7. The Bertz CT molecular complexity index is 656. The molecule has 3 rings (SSSR count). The molecule has 2 N–H and O–H groups in total. The van der Waals surface area contributed by atoms with Gasteiger partial charge in [0.05, 0.1) is 0 Å². The van der Waals surface area contributed by atoms with E-state index in [0.717, 1.165) is 11.1 Å². The normalized spacial score (nSPS) is 17.0. The third-order valence-electron chi connectivity index (χ3n) is 3.00. The minimum atomic E-state index is -2.91. The Labute approximate surface area is 106 Å². The average molecular weight is 260 g/mol. The molecule has 2 aromatic rings. The van der Waals surface area contributed by atoms with Crippen LogP contribution in [0, 0.1) is 0 Å². The molecule has 0 saturated heterocycles. The SMILES string of the molecule is O=C1c2ccc(-c3ccsc3)cc2C(=O)C1(O)O. The lowest BCUT2D eigenvalue weighted by Crippen LogP contribution is -2.40. The van der Waals surface area contributed by atoms with Crippen molar-refractivity contribution >= 4 is 22.9 Å². The number of hydrogen-bond acceptors (Lipinski definition) is 5. The van der Waals surface area contributed by atoms with E-state index in [9.17, 15) is 19.8 Å². The zero-order chi connectivity index (χ0) is 12.9. The lowest BCUT2D eigenvalue weighted by molar-refractivity contribution is -0.0857. The van der Waals surface area contributed by atoms with Gasteiger partial charge in [-0.15, -0.1) is 0 Å². The first-order valence-corrected chi connectivity index (χ1v) is 6.17. The molecule has 0 unspecified atom stereocenters. The van der Waals surface area contributed by atoms with Crippen molar-refractivity contribution < 1.29 is 19.8 Å². The largest absolute Gasteiger partial charge is 0.353 e. The molecular weight excluding hydrogens is 252 g/mol. The van der Waals surface area contributed by atoms with Gasteiger partial charge in [0.15, 0.2) is 0 Å². The molecule has 0 radical (unpaired) electrons. The molecule has 1 aliphatic carbocycles. The van der Waals surface area contributed by atoms with E-state index >= 15 is 0 Å². The molecule has 0 bridgehead atoms. The van der Waals surface area contributed by atoms with Gasteiger partial charge >= 0.3 is 0 Å². The molecule has 0 saturated carbocycles. The highest BCUT2D eigenvalue weighted by Gasteiger charge is 2.50. The monoisotopic (exact) mass is 260 g/mol. The van der Waals surface area contributed by atoms with Gasteiger partial charge in [-0.05, 0) is 40.1 Å². The summed E-state index contributed by atoms with van der Waals surface area (Å²) in [5, 5.41) is 22.7. The first kappa shape index (κ1) is 11.3. The summed E-state index contributed by atoms with van der Waals surface area (Å²) in [4.78, 5) is 23.3. The average Bonchev–Trinajstić information content (AvgIpc) is 2.94. The third kappa shape index (κ3) is 1.38. The fourth-order valence-electron chi connectivity index (χ4n) is 2.02. The van der Waals surface area contributed by atoms with E-state index < -0.39 is 17.4 Å². The van der Waals surface area contributed by atoms with Crippen molar-refractivity contribution in [2.24, 2.45) is 0 Å². The fourth-order valence-corrected chi connectivity index (χ4v) is 2.68. The second-order valence-electron chi connectivity index (χ2n) is 4.10. The van der Waals surface area contributed by atoms with Crippen molar-refractivity contribution in [2.45, 2.75) is 5.79 Å². The topological polar surface area (TPSA) is 74.6 Å². The molecule has 0 aliphatic heterocycles.